The van der Waals surface area contributed by atoms with Gasteiger partial charge in [0.25, 0.3) is 11.8 Å². The van der Waals surface area contributed by atoms with Crippen LogP contribution in [0.2, 0.25) is 0 Å². The average molecular weight is 406 g/mol. The van der Waals surface area contributed by atoms with Crippen molar-refractivity contribution >= 4 is 34.5 Å². The van der Waals surface area contributed by atoms with Crippen LogP contribution in [0.1, 0.15) is 25.6 Å². The second-order valence-corrected chi connectivity index (χ2v) is 8.04. The van der Waals surface area contributed by atoms with Gasteiger partial charge in [-0.05, 0) is 48.2 Å². The zero-order valence-electron chi connectivity index (χ0n) is 16.3. The highest BCUT2D eigenvalue weighted by molar-refractivity contribution is 7.12. The third kappa shape index (κ3) is 4.32. The number of carbonyl (C=O) groups is 2. The van der Waals surface area contributed by atoms with Crippen molar-refractivity contribution in [3.8, 4) is 0 Å². The summed E-state index contributed by atoms with van der Waals surface area (Å²) in [7, 11) is 0. The van der Waals surface area contributed by atoms with Gasteiger partial charge in [-0.3, -0.25) is 9.59 Å². The predicted molar refractivity (Wildman–Crippen MR) is 118 cm³/mol. The first-order valence-corrected chi connectivity index (χ1v) is 10.5. The van der Waals surface area contributed by atoms with Gasteiger partial charge in [-0.1, -0.05) is 30.3 Å². The molecular weight excluding hydrogens is 382 g/mol. The molecule has 1 aliphatic rings. The van der Waals surface area contributed by atoms with Gasteiger partial charge in [0, 0.05) is 31.9 Å². The zero-order chi connectivity index (χ0) is 20.2. The molecule has 0 spiro atoms. The quantitative estimate of drug-likeness (QED) is 0.705. The third-order valence-electron chi connectivity index (χ3n) is 5.08. The summed E-state index contributed by atoms with van der Waals surface area (Å²) in [6, 6.07) is 19.3. The molecule has 2 aromatic carbocycles. The molecule has 29 heavy (non-hydrogen) atoms. The molecule has 0 radical (unpaired) electrons. The van der Waals surface area contributed by atoms with Gasteiger partial charge in [-0.15, -0.1) is 11.3 Å². The highest BCUT2D eigenvalue weighted by Crippen LogP contribution is 2.22. The highest BCUT2D eigenvalue weighted by Gasteiger charge is 2.24. The number of nitrogens with one attached hydrogen (secondary N) is 1. The Hall–Kier alpha value is -3.12. The van der Waals surface area contributed by atoms with Crippen LogP contribution in [0.25, 0.3) is 0 Å². The van der Waals surface area contributed by atoms with Gasteiger partial charge in [0.15, 0.2) is 0 Å². The Bertz CT molecular complexity index is 1010. The number of carbonyl (C=O) groups excluding carboxylic acids is 2. The van der Waals surface area contributed by atoms with E-state index in [-0.39, 0.29) is 11.8 Å². The number of piperazine rings is 1. The molecule has 5 nitrogen and oxygen atoms in total. The second kappa shape index (κ2) is 8.49. The SMILES string of the molecule is Cc1cccc(N2CCN(C(=O)c3ccccc3NC(=O)c3cccs3)CC2)c1. The van der Waals surface area contributed by atoms with Crippen LogP contribution in [0.4, 0.5) is 11.4 Å². The molecule has 2 heterocycles. The summed E-state index contributed by atoms with van der Waals surface area (Å²) in [5.41, 5.74) is 3.51. The molecule has 3 aromatic rings. The van der Waals surface area contributed by atoms with Crippen LogP contribution in [0, 0.1) is 6.92 Å². The maximum absolute atomic E-state index is 13.1. The molecule has 0 unspecified atom stereocenters. The fourth-order valence-electron chi connectivity index (χ4n) is 3.53. The predicted octanol–water partition coefficient (Wildman–Crippen LogP) is 4.27. The lowest BCUT2D eigenvalue weighted by atomic mass is 10.1. The van der Waals surface area contributed by atoms with Gasteiger partial charge in [-0.25, -0.2) is 0 Å². The van der Waals surface area contributed by atoms with E-state index >= 15 is 0 Å². The molecular formula is C23H23N3O2S. The number of hydrogen-bond acceptors (Lipinski definition) is 4. The molecule has 6 heteroatoms. The van der Waals surface area contributed by atoms with Crippen LogP contribution in [-0.2, 0) is 0 Å². The molecule has 0 bridgehead atoms. The minimum absolute atomic E-state index is 0.0454. The van der Waals surface area contributed by atoms with Crippen LogP contribution in [0.3, 0.4) is 0 Å². The Morgan fingerprint density at radius 1 is 0.931 bits per heavy atom. The van der Waals surface area contributed by atoms with E-state index in [4.69, 9.17) is 0 Å². The summed E-state index contributed by atoms with van der Waals surface area (Å²) in [5.74, 6) is -0.236. The maximum atomic E-state index is 13.1. The summed E-state index contributed by atoms with van der Waals surface area (Å²) >= 11 is 1.38. The van der Waals surface area contributed by atoms with Crippen molar-refractivity contribution in [1.82, 2.24) is 4.90 Å². The first-order chi connectivity index (χ1) is 14.1. The molecule has 4 rings (SSSR count). The monoisotopic (exact) mass is 405 g/mol. The normalized spacial score (nSPS) is 14.0. The van der Waals surface area contributed by atoms with E-state index in [0.29, 0.717) is 29.2 Å². The Morgan fingerprint density at radius 2 is 1.72 bits per heavy atom. The van der Waals surface area contributed by atoms with Crippen molar-refractivity contribution < 1.29 is 9.59 Å². The number of anilines is 2. The second-order valence-electron chi connectivity index (χ2n) is 7.10. The molecule has 148 valence electrons. The molecule has 1 saturated heterocycles. The van der Waals surface area contributed by atoms with E-state index in [1.165, 1.54) is 22.6 Å². The minimum Gasteiger partial charge on any atom is -0.368 e. The third-order valence-corrected chi connectivity index (χ3v) is 5.95. The Morgan fingerprint density at radius 3 is 2.45 bits per heavy atom. The first-order valence-electron chi connectivity index (χ1n) is 9.66. The molecule has 1 aromatic heterocycles. The lowest BCUT2D eigenvalue weighted by molar-refractivity contribution is 0.0748. The van der Waals surface area contributed by atoms with E-state index in [1.807, 2.05) is 28.5 Å². The van der Waals surface area contributed by atoms with E-state index in [0.717, 1.165) is 13.1 Å². The number of amides is 2. The lowest BCUT2D eigenvalue weighted by Crippen LogP contribution is -2.49. The van der Waals surface area contributed by atoms with E-state index < -0.39 is 0 Å². The van der Waals surface area contributed by atoms with Crippen molar-refractivity contribution in [1.29, 1.82) is 0 Å². The van der Waals surface area contributed by atoms with Crippen LogP contribution in [0.15, 0.2) is 66.0 Å². The lowest BCUT2D eigenvalue weighted by Gasteiger charge is -2.36. The van der Waals surface area contributed by atoms with Gasteiger partial charge in [-0.2, -0.15) is 0 Å². The Balaban J connectivity index is 1.45. The van der Waals surface area contributed by atoms with Crippen molar-refractivity contribution in [2.75, 3.05) is 36.4 Å². The van der Waals surface area contributed by atoms with Gasteiger partial charge in [0.2, 0.25) is 0 Å². The first kappa shape index (κ1) is 19.2. The largest absolute Gasteiger partial charge is 0.368 e. The fourth-order valence-corrected chi connectivity index (χ4v) is 4.15. The number of thiophene rings is 1. The van der Waals surface area contributed by atoms with Crippen molar-refractivity contribution in [2.24, 2.45) is 0 Å². The number of aryl methyl sites for hydroxylation is 1. The van der Waals surface area contributed by atoms with E-state index in [9.17, 15) is 9.59 Å². The Labute approximate surface area is 174 Å². The number of nitrogens with zero attached hydrogens (tertiary/aromatic N) is 2. The molecule has 0 aliphatic carbocycles. The molecule has 0 saturated carbocycles. The van der Waals surface area contributed by atoms with Crippen molar-refractivity contribution in [3.05, 3.63) is 82.0 Å². The van der Waals surface area contributed by atoms with E-state index in [2.05, 4.69) is 41.4 Å². The standard InChI is InChI=1S/C23H23N3O2S/c1-17-6-4-7-18(16-17)25-11-13-26(14-12-25)23(28)19-8-2-3-9-20(19)24-22(27)21-10-5-15-29-21/h2-10,15-16H,11-14H2,1H3,(H,24,27). The smallest absolute Gasteiger partial charge is 0.265 e. The topological polar surface area (TPSA) is 52.6 Å². The number of rotatable bonds is 4. The summed E-state index contributed by atoms with van der Waals surface area (Å²) in [5, 5.41) is 4.75. The highest BCUT2D eigenvalue weighted by atomic mass is 32.1. The number of benzene rings is 2. The number of para-hydroxylation sites is 1. The molecule has 1 aliphatic heterocycles. The van der Waals surface area contributed by atoms with Gasteiger partial charge >= 0.3 is 0 Å². The van der Waals surface area contributed by atoms with Gasteiger partial charge in [0.05, 0.1) is 16.1 Å². The Kier molecular flexibility index (Phi) is 5.62. The number of hydrogen-bond donors (Lipinski definition) is 1. The van der Waals surface area contributed by atoms with Crippen LogP contribution < -0.4 is 10.2 Å². The molecule has 1 N–H and O–H groups in total. The summed E-state index contributed by atoms with van der Waals surface area (Å²) in [6.07, 6.45) is 0. The fraction of sp³-hybridized carbons (Fsp3) is 0.217. The van der Waals surface area contributed by atoms with Gasteiger partial charge in [0.1, 0.15) is 0 Å². The maximum Gasteiger partial charge on any atom is 0.265 e. The summed E-state index contributed by atoms with van der Waals surface area (Å²) in [6.45, 7) is 4.97. The van der Waals surface area contributed by atoms with Crippen molar-refractivity contribution in [3.63, 3.8) is 0 Å². The minimum atomic E-state index is -0.190. The summed E-state index contributed by atoms with van der Waals surface area (Å²) < 4.78 is 0. The van der Waals surface area contributed by atoms with Crippen LogP contribution in [0.5, 0.6) is 0 Å². The molecule has 0 atom stereocenters. The van der Waals surface area contributed by atoms with Crippen LogP contribution in [-0.4, -0.2) is 42.9 Å². The van der Waals surface area contributed by atoms with Crippen molar-refractivity contribution in [2.45, 2.75) is 6.92 Å². The molecule has 2 amide bonds. The van der Waals surface area contributed by atoms with Gasteiger partial charge < -0.3 is 15.1 Å². The molecule has 1 fully saturated rings. The van der Waals surface area contributed by atoms with E-state index in [1.54, 1.807) is 18.2 Å². The van der Waals surface area contributed by atoms with Crippen LogP contribution >= 0.6 is 11.3 Å². The average Bonchev–Trinajstić information content (AvgIpc) is 3.29. The summed E-state index contributed by atoms with van der Waals surface area (Å²) in [4.78, 5) is 30.4. The zero-order valence-corrected chi connectivity index (χ0v) is 17.1.